The molecule has 0 saturated carbocycles. The highest BCUT2D eigenvalue weighted by molar-refractivity contribution is 4.70. The smallest absolute Gasteiger partial charge is 0.0826 e. The number of nitrogens with zero attached hydrogens (tertiary/aromatic N) is 1. The van der Waals surface area contributed by atoms with Crippen molar-refractivity contribution in [2.45, 2.75) is 6.10 Å². The highest BCUT2D eigenvalue weighted by atomic mass is 16.5. The van der Waals surface area contributed by atoms with Gasteiger partial charge in [0.1, 0.15) is 0 Å². The average molecular weight is 188 g/mol. The van der Waals surface area contributed by atoms with Gasteiger partial charge in [-0.25, -0.2) is 0 Å². The molecule has 1 rings (SSSR count). The van der Waals surface area contributed by atoms with E-state index in [1.165, 1.54) is 0 Å². The maximum Gasteiger partial charge on any atom is 0.0826 e. The van der Waals surface area contributed by atoms with Gasteiger partial charge < -0.3 is 19.7 Å². The summed E-state index contributed by atoms with van der Waals surface area (Å²) in [4.78, 5) is 2.30. The van der Waals surface area contributed by atoms with Crippen LogP contribution in [0.1, 0.15) is 0 Å². The van der Waals surface area contributed by atoms with Gasteiger partial charge >= 0.3 is 0 Å². The number of ether oxygens (including phenoxy) is 2. The SMILES string of the molecule is COCCNCC1CN(C)CCO1. The highest BCUT2D eigenvalue weighted by Crippen LogP contribution is 2.00. The molecule has 0 aromatic carbocycles. The largest absolute Gasteiger partial charge is 0.383 e. The Labute approximate surface area is 80.2 Å². The first-order valence-electron chi connectivity index (χ1n) is 4.82. The average Bonchev–Trinajstić information content (AvgIpc) is 2.13. The van der Waals surface area contributed by atoms with E-state index < -0.39 is 0 Å². The first kappa shape index (κ1) is 10.9. The van der Waals surface area contributed by atoms with Crippen LogP contribution < -0.4 is 5.32 Å². The summed E-state index contributed by atoms with van der Waals surface area (Å²) in [7, 11) is 3.84. The highest BCUT2D eigenvalue weighted by Gasteiger charge is 2.16. The van der Waals surface area contributed by atoms with E-state index in [1.54, 1.807) is 7.11 Å². The second-order valence-electron chi connectivity index (χ2n) is 3.45. The zero-order valence-corrected chi connectivity index (χ0v) is 8.58. The van der Waals surface area contributed by atoms with Crippen molar-refractivity contribution < 1.29 is 9.47 Å². The van der Waals surface area contributed by atoms with Gasteiger partial charge in [-0.15, -0.1) is 0 Å². The van der Waals surface area contributed by atoms with Crippen LogP contribution in [0.4, 0.5) is 0 Å². The molecular formula is C9H20N2O2. The van der Waals surface area contributed by atoms with Gasteiger partial charge in [0.15, 0.2) is 0 Å². The minimum atomic E-state index is 0.343. The molecule has 13 heavy (non-hydrogen) atoms. The minimum Gasteiger partial charge on any atom is -0.383 e. The van der Waals surface area contributed by atoms with Gasteiger partial charge in [-0.2, -0.15) is 0 Å². The maximum absolute atomic E-state index is 5.58. The lowest BCUT2D eigenvalue weighted by Gasteiger charge is -2.30. The molecule has 4 nitrogen and oxygen atoms in total. The van der Waals surface area contributed by atoms with Gasteiger partial charge in [0, 0.05) is 33.3 Å². The Hall–Kier alpha value is -0.160. The Morgan fingerprint density at radius 2 is 2.46 bits per heavy atom. The summed E-state index contributed by atoms with van der Waals surface area (Å²) in [6, 6.07) is 0. The monoisotopic (exact) mass is 188 g/mol. The summed E-state index contributed by atoms with van der Waals surface area (Å²) in [5, 5.41) is 3.30. The van der Waals surface area contributed by atoms with Crippen LogP contribution >= 0.6 is 0 Å². The Morgan fingerprint density at radius 1 is 1.62 bits per heavy atom. The van der Waals surface area contributed by atoms with Crippen molar-refractivity contribution in [3.63, 3.8) is 0 Å². The standard InChI is InChI=1S/C9H20N2O2/c1-11-4-6-13-9(8-11)7-10-3-5-12-2/h9-10H,3-8H2,1-2H3. The number of methoxy groups -OCH3 is 1. The van der Waals surface area contributed by atoms with Crippen molar-refractivity contribution in [1.82, 2.24) is 10.2 Å². The van der Waals surface area contributed by atoms with E-state index in [0.29, 0.717) is 6.10 Å². The van der Waals surface area contributed by atoms with E-state index >= 15 is 0 Å². The number of likely N-dealkylation sites (N-methyl/N-ethyl adjacent to an activating group) is 1. The fourth-order valence-electron chi connectivity index (χ4n) is 1.43. The molecule has 0 aromatic heterocycles. The molecule has 0 radical (unpaired) electrons. The lowest BCUT2D eigenvalue weighted by atomic mass is 10.3. The molecule has 1 N–H and O–H groups in total. The third kappa shape index (κ3) is 4.57. The second kappa shape index (κ2) is 6.32. The second-order valence-corrected chi connectivity index (χ2v) is 3.45. The number of nitrogens with one attached hydrogen (secondary N) is 1. The van der Waals surface area contributed by atoms with Crippen molar-refractivity contribution in [3.8, 4) is 0 Å². The molecule has 0 aromatic rings. The molecule has 1 aliphatic rings. The zero-order chi connectivity index (χ0) is 9.52. The third-order valence-electron chi connectivity index (χ3n) is 2.20. The summed E-state index contributed by atoms with van der Waals surface area (Å²) in [6.45, 7) is 5.53. The molecule has 0 spiro atoms. The molecule has 1 heterocycles. The van der Waals surface area contributed by atoms with Gasteiger partial charge in [-0.05, 0) is 7.05 Å². The van der Waals surface area contributed by atoms with E-state index in [2.05, 4.69) is 17.3 Å². The summed E-state index contributed by atoms with van der Waals surface area (Å²) in [6.07, 6.45) is 0.343. The lowest BCUT2D eigenvalue weighted by molar-refractivity contribution is -0.0185. The first-order chi connectivity index (χ1) is 6.33. The van der Waals surface area contributed by atoms with Gasteiger partial charge in [-0.3, -0.25) is 0 Å². The van der Waals surface area contributed by atoms with Crippen molar-refractivity contribution in [1.29, 1.82) is 0 Å². The molecule has 0 amide bonds. The van der Waals surface area contributed by atoms with E-state index in [4.69, 9.17) is 9.47 Å². The van der Waals surface area contributed by atoms with Crippen LogP contribution in [0, 0.1) is 0 Å². The molecule has 4 heteroatoms. The van der Waals surface area contributed by atoms with Crippen LogP contribution in [-0.2, 0) is 9.47 Å². The fourth-order valence-corrected chi connectivity index (χ4v) is 1.43. The van der Waals surface area contributed by atoms with Crippen LogP contribution in [-0.4, -0.2) is 64.6 Å². The molecule has 0 aliphatic carbocycles. The zero-order valence-electron chi connectivity index (χ0n) is 8.58. The Balaban J connectivity index is 2.00. The summed E-state index contributed by atoms with van der Waals surface area (Å²) >= 11 is 0. The normalized spacial score (nSPS) is 24.9. The number of rotatable bonds is 5. The quantitative estimate of drug-likeness (QED) is 0.593. The number of morpholine rings is 1. The van der Waals surface area contributed by atoms with Crippen molar-refractivity contribution in [2.75, 3.05) is 53.6 Å². The molecule has 0 bridgehead atoms. The maximum atomic E-state index is 5.58. The van der Waals surface area contributed by atoms with E-state index in [-0.39, 0.29) is 0 Å². The van der Waals surface area contributed by atoms with Gasteiger partial charge in [0.25, 0.3) is 0 Å². The Kier molecular flexibility index (Phi) is 5.31. The molecule has 1 unspecified atom stereocenters. The van der Waals surface area contributed by atoms with E-state index in [9.17, 15) is 0 Å². The topological polar surface area (TPSA) is 33.7 Å². The summed E-state index contributed by atoms with van der Waals surface area (Å²) < 4.78 is 10.5. The van der Waals surface area contributed by atoms with Crippen molar-refractivity contribution >= 4 is 0 Å². The molecule has 1 saturated heterocycles. The lowest BCUT2D eigenvalue weighted by Crippen LogP contribution is -2.45. The van der Waals surface area contributed by atoms with Crippen LogP contribution in [0.25, 0.3) is 0 Å². The first-order valence-corrected chi connectivity index (χ1v) is 4.82. The Morgan fingerprint density at radius 3 is 3.15 bits per heavy atom. The fraction of sp³-hybridized carbons (Fsp3) is 1.00. The number of hydrogen-bond acceptors (Lipinski definition) is 4. The summed E-state index contributed by atoms with van der Waals surface area (Å²) in [5.74, 6) is 0. The van der Waals surface area contributed by atoms with Gasteiger partial charge in [0.2, 0.25) is 0 Å². The summed E-state index contributed by atoms with van der Waals surface area (Å²) in [5.41, 5.74) is 0. The molecule has 1 aliphatic heterocycles. The van der Waals surface area contributed by atoms with Crippen molar-refractivity contribution in [3.05, 3.63) is 0 Å². The van der Waals surface area contributed by atoms with Crippen molar-refractivity contribution in [2.24, 2.45) is 0 Å². The predicted octanol–water partition coefficient (Wildman–Crippen LogP) is -0.447. The Bertz CT molecular complexity index is 133. The molecular weight excluding hydrogens is 168 g/mol. The third-order valence-corrected chi connectivity index (χ3v) is 2.20. The molecule has 78 valence electrons. The van der Waals surface area contributed by atoms with E-state index in [0.717, 1.165) is 39.4 Å². The molecule has 1 atom stereocenters. The van der Waals surface area contributed by atoms with Gasteiger partial charge in [0.05, 0.1) is 19.3 Å². The van der Waals surface area contributed by atoms with Crippen LogP contribution in [0.5, 0.6) is 0 Å². The van der Waals surface area contributed by atoms with Crippen LogP contribution in [0.3, 0.4) is 0 Å². The van der Waals surface area contributed by atoms with Crippen LogP contribution in [0.15, 0.2) is 0 Å². The minimum absolute atomic E-state index is 0.343. The predicted molar refractivity (Wildman–Crippen MR) is 52.0 cm³/mol. The number of hydrogen-bond donors (Lipinski definition) is 1. The molecule has 1 fully saturated rings. The van der Waals surface area contributed by atoms with E-state index in [1.807, 2.05) is 0 Å². The van der Waals surface area contributed by atoms with Crippen LogP contribution in [0.2, 0.25) is 0 Å². The van der Waals surface area contributed by atoms with Gasteiger partial charge in [-0.1, -0.05) is 0 Å².